The van der Waals surface area contributed by atoms with Crippen LogP contribution in [0.3, 0.4) is 0 Å². The third kappa shape index (κ3) is 3.91. The highest BCUT2D eigenvalue weighted by Crippen LogP contribution is 2.33. The number of rotatable bonds is 4. The fourth-order valence-corrected chi connectivity index (χ4v) is 3.61. The van der Waals surface area contributed by atoms with Crippen molar-refractivity contribution in [3.05, 3.63) is 62.9 Å². The summed E-state index contributed by atoms with van der Waals surface area (Å²) in [6.07, 6.45) is 0. The standard InChI is InChI=1S/C19H17BrN2O2S/c1-11-10-14(6-9-16(11)24-3)17-12(2)25-19(21-17)22-18(23)13-4-7-15(20)8-5-13/h4-10H,1-3H3,(H,21,22,23). The molecule has 6 heteroatoms. The molecule has 0 saturated carbocycles. The van der Waals surface area contributed by atoms with Crippen LogP contribution in [-0.4, -0.2) is 18.0 Å². The number of nitrogens with one attached hydrogen (secondary N) is 1. The zero-order chi connectivity index (χ0) is 18.0. The zero-order valence-electron chi connectivity index (χ0n) is 14.1. The topological polar surface area (TPSA) is 51.2 Å². The van der Waals surface area contributed by atoms with Gasteiger partial charge in [0.25, 0.3) is 5.91 Å². The molecule has 4 nitrogen and oxygen atoms in total. The second-order valence-corrected chi connectivity index (χ2v) is 7.69. The van der Waals surface area contributed by atoms with Gasteiger partial charge in [-0.1, -0.05) is 15.9 Å². The summed E-state index contributed by atoms with van der Waals surface area (Å²) >= 11 is 4.83. The van der Waals surface area contributed by atoms with Crippen LogP contribution in [0.25, 0.3) is 11.3 Å². The molecule has 0 spiro atoms. The molecule has 0 radical (unpaired) electrons. The Morgan fingerprint density at radius 1 is 1.16 bits per heavy atom. The van der Waals surface area contributed by atoms with Crippen LogP contribution in [0, 0.1) is 13.8 Å². The normalized spacial score (nSPS) is 10.6. The molecule has 0 fully saturated rings. The molecule has 0 aliphatic heterocycles. The number of ether oxygens (including phenoxy) is 1. The van der Waals surface area contributed by atoms with E-state index in [1.807, 2.05) is 44.2 Å². The van der Waals surface area contributed by atoms with Gasteiger partial charge in [-0.15, -0.1) is 11.3 Å². The highest BCUT2D eigenvalue weighted by atomic mass is 79.9. The number of amides is 1. The summed E-state index contributed by atoms with van der Waals surface area (Å²) < 4.78 is 6.24. The molecular formula is C19H17BrN2O2S. The van der Waals surface area contributed by atoms with E-state index in [4.69, 9.17) is 4.74 Å². The lowest BCUT2D eigenvalue weighted by Gasteiger charge is -2.06. The summed E-state index contributed by atoms with van der Waals surface area (Å²) in [4.78, 5) is 18.0. The Bertz CT molecular complexity index is 920. The van der Waals surface area contributed by atoms with Crippen LogP contribution in [0.5, 0.6) is 5.75 Å². The Morgan fingerprint density at radius 2 is 1.88 bits per heavy atom. The highest BCUT2D eigenvalue weighted by Gasteiger charge is 2.14. The van der Waals surface area contributed by atoms with Crippen LogP contribution in [0.2, 0.25) is 0 Å². The Balaban J connectivity index is 1.84. The van der Waals surface area contributed by atoms with Gasteiger partial charge in [0, 0.05) is 20.5 Å². The number of hydrogen-bond acceptors (Lipinski definition) is 4. The van der Waals surface area contributed by atoms with Gasteiger partial charge in [0.15, 0.2) is 5.13 Å². The molecule has 0 unspecified atom stereocenters. The van der Waals surface area contributed by atoms with Crippen molar-refractivity contribution in [2.75, 3.05) is 12.4 Å². The minimum Gasteiger partial charge on any atom is -0.496 e. The molecule has 3 aromatic rings. The van der Waals surface area contributed by atoms with E-state index in [9.17, 15) is 4.79 Å². The lowest BCUT2D eigenvalue weighted by Crippen LogP contribution is -2.11. The SMILES string of the molecule is COc1ccc(-c2nc(NC(=O)c3ccc(Br)cc3)sc2C)cc1C. The first-order valence-electron chi connectivity index (χ1n) is 7.67. The van der Waals surface area contributed by atoms with Gasteiger partial charge >= 0.3 is 0 Å². The smallest absolute Gasteiger partial charge is 0.257 e. The number of carbonyl (C=O) groups excluding carboxylic acids is 1. The maximum absolute atomic E-state index is 12.3. The maximum atomic E-state index is 12.3. The Kier molecular flexibility index (Phi) is 5.20. The molecule has 0 bridgehead atoms. The van der Waals surface area contributed by atoms with Crippen molar-refractivity contribution >= 4 is 38.3 Å². The number of aryl methyl sites for hydroxylation is 2. The fraction of sp³-hybridized carbons (Fsp3) is 0.158. The minimum atomic E-state index is -0.168. The van der Waals surface area contributed by atoms with E-state index in [0.29, 0.717) is 10.7 Å². The van der Waals surface area contributed by atoms with Gasteiger partial charge in [-0.25, -0.2) is 4.98 Å². The average molecular weight is 417 g/mol. The molecule has 1 heterocycles. The second-order valence-electron chi connectivity index (χ2n) is 5.57. The van der Waals surface area contributed by atoms with Gasteiger partial charge < -0.3 is 4.74 Å². The van der Waals surface area contributed by atoms with E-state index in [1.165, 1.54) is 11.3 Å². The van der Waals surface area contributed by atoms with Gasteiger partial charge in [0.2, 0.25) is 0 Å². The summed E-state index contributed by atoms with van der Waals surface area (Å²) in [5.41, 5.74) is 3.53. The lowest BCUT2D eigenvalue weighted by atomic mass is 10.1. The van der Waals surface area contributed by atoms with Gasteiger partial charge in [-0.05, 0) is 61.9 Å². The number of aromatic nitrogens is 1. The number of methoxy groups -OCH3 is 1. The minimum absolute atomic E-state index is 0.168. The van der Waals surface area contributed by atoms with Gasteiger partial charge in [0.05, 0.1) is 12.8 Å². The summed E-state index contributed by atoms with van der Waals surface area (Å²) in [5.74, 6) is 0.680. The van der Waals surface area contributed by atoms with Crippen molar-refractivity contribution < 1.29 is 9.53 Å². The van der Waals surface area contributed by atoms with Crippen LogP contribution in [0.4, 0.5) is 5.13 Å². The number of nitrogens with zero attached hydrogens (tertiary/aromatic N) is 1. The molecule has 128 valence electrons. The van der Waals surface area contributed by atoms with E-state index >= 15 is 0 Å². The van der Waals surface area contributed by atoms with Crippen LogP contribution < -0.4 is 10.1 Å². The number of thiazole rings is 1. The Hall–Kier alpha value is -2.18. The number of hydrogen-bond donors (Lipinski definition) is 1. The summed E-state index contributed by atoms with van der Waals surface area (Å²) in [6, 6.07) is 13.2. The second kappa shape index (κ2) is 7.37. The predicted molar refractivity (Wildman–Crippen MR) is 106 cm³/mol. The van der Waals surface area contributed by atoms with Gasteiger partial charge in [-0.3, -0.25) is 10.1 Å². The summed E-state index contributed by atoms with van der Waals surface area (Å²) in [5, 5.41) is 3.47. The third-order valence-electron chi connectivity index (χ3n) is 3.79. The number of benzene rings is 2. The van der Waals surface area contributed by atoms with Crippen LogP contribution in [-0.2, 0) is 0 Å². The molecule has 1 aromatic heterocycles. The van der Waals surface area contributed by atoms with E-state index < -0.39 is 0 Å². The maximum Gasteiger partial charge on any atom is 0.257 e. The molecule has 1 amide bonds. The van der Waals surface area contributed by atoms with E-state index in [2.05, 4.69) is 26.2 Å². The lowest BCUT2D eigenvalue weighted by molar-refractivity contribution is 0.102. The van der Waals surface area contributed by atoms with Gasteiger partial charge in [0.1, 0.15) is 5.75 Å². The van der Waals surface area contributed by atoms with Crippen molar-refractivity contribution in [3.63, 3.8) is 0 Å². The molecule has 25 heavy (non-hydrogen) atoms. The molecular weight excluding hydrogens is 400 g/mol. The fourth-order valence-electron chi connectivity index (χ4n) is 2.51. The van der Waals surface area contributed by atoms with Crippen molar-refractivity contribution in [1.82, 2.24) is 4.98 Å². The van der Waals surface area contributed by atoms with Crippen LogP contribution in [0.15, 0.2) is 46.9 Å². The zero-order valence-corrected chi connectivity index (χ0v) is 16.5. The molecule has 0 aliphatic rings. The Labute approximate surface area is 159 Å². The quantitative estimate of drug-likeness (QED) is 0.614. The molecule has 3 rings (SSSR count). The number of anilines is 1. The van der Waals surface area contributed by atoms with Crippen LogP contribution in [0.1, 0.15) is 20.8 Å². The predicted octanol–water partition coefficient (Wildman–Crippen LogP) is 5.45. The third-order valence-corrected chi connectivity index (χ3v) is 5.21. The van der Waals surface area contributed by atoms with Crippen molar-refractivity contribution in [3.8, 4) is 17.0 Å². The largest absolute Gasteiger partial charge is 0.496 e. The monoisotopic (exact) mass is 416 g/mol. The first-order valence-corrected chi connectivity index (χ1v) is 9.28. The molecule has 1 N–H and O–H groups in total. The van der Waals surface area contributed by atoms with E-state index in [1.54, 1.807) is 19.2 Å². The first kappa shape index (κ1) is 17.6. The number of carbonyl (C=O) groups is 1. The molecule has 0 saturated heterocycles. The van der Waals surface area contributed by atoms with E-state index in [-0.39, 0.29) is 5.91 Å². The first-order chi connectivity index (χ1) is 12.0. The van der Waals surface area contributed by atoms with Crippen molar-refractivity contribution in [2.24, 2.45) is 0 Å². The van der Waals surface area contributed by atoms with Crippen LogP contribution >= 0.6 is 27.3 Å². The average Bonchev–Trinajstić information content (AvgIpc) is 2.95. The van der Waals surface area contributed by atoms with E-state index in [0.717, 1.165) is 31.9 Å². The van der Waals surface area contributed by atoms with Gasteiger partial charge in [-0.2, -0.15) is 0 Å². The summed E-state index contributed by atoms with van der Waals surface area (Å²) in [7, 11) is 1.66. The Morgan fingerprint density at radius 3 is 2.52 bits per heavy atom. The number of halogens is 1. The van der Waals surface area contributed by atoms with Crippen molar-refractivity contribution in [1.29, 1.82) is 0 Å². The molecule has 0 aliphatic carbocycles. The molecule has 0 atom stereocenters. The highest BCUT2D eigenvalue weighted by molar-refractivity contribution is 9.10. The molecule has 2 aromatic carbocycles. The summed E-state index contributed by atoms with van der Waals surface area (Å²) in [6.45, 7) is 4.00. The van der Waals surface area contributed by atoms with Crippen molar-refractivity contribution in [2.45, 2.75) is 13.8 Å².